The highest BCUT2D eigenvalue weighted by molar-refractivity contribution is 5.96. The van der Waals surface area contributed by atoms with Crippen LogP contribution >= 0.6 is 0 Å². The highest BCUT2D eigenvalue weighted by atomic mass is 16.5. The van der Waals surface area contributed by atoms with E-state index in [9.17, 15) is 24.6 Å². The fourth-order valence-corrected chi connectivity index (χ4v) is 7.28. The molecule has 3 aliphatic rings. The monoisotopic (exact) mass is 628 g/mol. The van der Waals surface area contributed by atoms with Crippen LogP contribution in [0.4, 0.5) is 0 Å². The third-order valence-electron chi connectivity index (χ3n) is 9.73. The molecule has 1 aliphatic heterocycles. The highest BCUT2D eigenvalue weighted by Crippen LogP contribution is 2.51. The zero-order chi connectivity index (χ0) is 32.7. The van der Waals surface area contributed by atoms with Gasteiger partial charge in [0, 0.05) is 29.8 Å². The first kappa shape index (κ1) is 34.9. The number of amides is 2. The Balaban J connectivity index is 1.68. The molecular weight excluding hydrogens is 576 g/mol. The smallest absolute Gasteiger partial charge is 0.249 e. The summed E-state index contributed by atoms with van der Waals surface area (Å²) < 4.78 is 18.2. The summed E-state index contributed by atoms with van der Waals surface area (Å²) >= 11 is 0. The van der Waals surface area contributed by atoms with Crippen LogP contribution in [0, 0.1) is 17.8 Å². The molecule has 0 radical (unpaired) electrons. The molecule has 10 heteroatoms. The molecule has 2 aliphatic carbocycles. The number of methoxy groups -OCH3 is 1. The zero-order valence-electron chi connectivity index (χ0n) is 27.5. The molecule has 45 heavy (non-hydrogen) atoms. The number of unbranched alkanes of at least 4 members (excludes halogenated alkanes) is 3. The standard InChI is InChI=1S/C35H52N2O8/c1-6-7-8-9-13-37(30(40)20-44-28-15-22(4)10-11-24(28)21(2)3)27-18-26(35(42)36-12-14-38)31-25-16-23(19-39)17-29(43-5)33(25)45-34(31)32(27)41/h16-19,21-22,24,27-28,31-32,34,38,41H,6-15,20H2,1-5H3,(H,36,42)/t22-,24+,27+,28-,31-,32-,34-/m0/s1. The topological polar surface area (TPSA) is 135 Å². The molecule has 0 aromatic heterocycles. The average molecular weight is 629 g/mol. The van der Waals surface area contributed by atoms with Gasteiger partial charge in [0.1, 0.15) is 25.1 Å². The second-order valence-corrected chi connectivity index (χ2v) is 13.2. The predicted octanol–water partition coefficient (Wildman–Crippen LogP) is 4.02. The van der Waals surface area contributed by atoms with Crippen molar-refractivity contribution >= 4 is 18.1 Å². The van der Waals surface area contributed by atoms with Crippen molar-refractivity contribution in [2.45, 2.75) is 103 Å². The molecule has 2 amide bonds. The number of rotatable bonds is 15. The number of aldehydes is 1. The fraction of sp³-hybridized carbons (Fsp3) is 0.686. The molecule has 10 nitrogen and oxygen atoms in total. The van der Waals surface area contributed by atoms with Gasteiger partial charge in [-0.25, -0.2) is 0 Å². The normalized spacial score (nSPS) is 27.2. The highest BCUT2D eigenvalue weighted by Gasteiger charge is 2.51. The molecule has 1 fully saturated rings. The van der Waals surface area contributed by atoms with Crippen molar-refractivity contribution in [3.8, 4) is 11.5 Å². The Morgan fingerprint density at radius 2 is 1.98 bits per heavy atom. The summed E-state index contributed by atoms with van der Waals surface area (Å²) in [5.74, 6) is 0.655. The summed E-state index contributed by atoms with van der Waals surface area (Å²) in [6, 6.07) is 2.35. The first-order chi connectivity index (χ1) is 21.6. The van der Waals surface area contributed by atoms with E-state index in [0.717, 1.165) is 44.9 Å². The molecule has 0 spiro atoms. The Kier molecular flexibility index (Phi) is 12.5. The van der Waals surface area contributed by atoms with Crippen molar-refractivity contribution in [2.75, 3.05) is 33.4 Å². The molecule has 1 aromatic carbocycles. The lowest BCUT2D eigenvalue weighted by Gasteiger charge is -2.41. The number of hydrogen-bond acceptors (Lipinski definition) is 8. The summed E-state index contributed by atoms with van der Waals surface area (Å²) in [6.07, 6.45) is 7.13. The quantitative estimate of drug-likeness (QED) is 0.196. The number of carbonyl (C=O) groups excluding carboxylic acids is 3. The minimum Gasteiger partial charge on any atom is -0.493 e. The van der Waals surface area contributed by atoms with Crippen LogP contribution in [0.5, 0.6) is 11.5 Å². The molecule has 3 N–H and O–H groups in total. The zero-order valence-corrected chi connectivity index (χ0v) is 27.5. The van der Waals surface area contributed by atoms with Gasteiger partial charge in [-0.05, 0) is 55.2 Å². The Bertz CT molecular complexity index is 1220. The summed E-state index contributed by atoms with van der Waals surface area (Å²) in [5.41, 5.74) is 1.21. The Morgan fingerprint density at radius 1 is 1.20 bits per heavy atom. The Hall–Kier alpha value is -2.95. The second-order valence-electron chi connectivity index (χ2n) is 13.2. The van der Waals surface area contributed by atoms with Crippen molar-refractivity contribution in [1.29, 1.82) is 0 Å². The van der Waals surface area contributed by atoms with Crippen molar-refractivity contribution in [3.05, 3.63) is 34.9 Å². The molecule has 0 bridgehead atoms. The van der Waals surface area contributed by atoms with Crippen molar-refractivity contribution in [1.82, 2.24) is 10.2 Å². The summed E-state index contributed by atoms with van der Waals surface area (Å²) in [5, 5.41) is 24.0. The van der Waals surface area contributed by atoms with E-state index < -0.39 is 30.1 Å². The SMILES string of the molecule is CCCCCCN(C(=O)CO[C@H]1C[C@@H](C)CC[C@@H]1C(C)C)[C@@H]1C=C(C(=O)NCCO)[C@@H]2c3cc(C=O)cc(OC)c3O[C@@H]2[C@H]1O. The molecule has 1 aromatic rings. The number of fused-ring (bicyclic) bond motifs is 3. The van der Waals surface area contributed by atoms with Crippen LogP contribution in [0.15, 0.2) is 23.8 Å². The number of aliphatic hydroxyl groups is 2. The molecule has 0 saturated heterocycles. The number of ether oxygens (including phenoxy) is 3. The molecule has 4 rings (SSSR count). The van der Waals surface area contributed by atoms with Crippen LogP contribution in [0.25, 0.3) is 0 Å². The number of aliphatic hydroxyl groups excluding tert-OH is 2. The minimum absolute atomic E-state index is 0.0113. The summed E-state index contributed by atoms with van der Waals surface area (Å²) in [4.78, 5) is 41.0. The van der Waals surface area contributed by atoms with Gasteiger partial charge in [-0.3, -0.25) is 14.4 Å². The van der Waals surface area contributed by atoms with Gasteiger partial charge >= 0.3 is 0 Å². The molecule has 1 heterocycles. The van der Waals surface area contributed by atoms with Crippen LogP contribution < -0.4 is 14.8 Å². The van der Waals surface area contributed by atoms with E-state index in [1.807, 2.05) is 0 Å². The third-order valence-corrected chi connectivity index (χ3v) is 9.73. The summed E-state index contributed by atoms with van der Waals surface area (Å²) in [7, 11) is 1.47. The van der Waals surface area contributed by atoms with Crippen molar-refractivity contribution in [2.24, 2.45) is 17.8 Å². The van der Waals surface area contributed by atoms with E-state index in [0.29, 0.717) is 58.8 Å². The van der Waals surface area contributed by atoms with Gasteiger partial charge in [-0.2, -0.15) is 0 Å². The molecule has 250 valence electrons. The van der Waals surface area contributed by atoms with Gasteiger partial charge in [-0.1, -0.05) is 53.4 Å². The first-order valence-electron chi connectivity index (χ1n) is 16.7. The van der Waals surface area contributed by atoms with Crippen LogP contribution in [0.2, 0.25) is 0 Å². The molecule has 1 saturated carbocycles. The van der Waals surface area contributed by atoms with Gasteiger partial charge in [0.2, 0.25) is 11.8 Å². The maximum Gasteiger partial charge on any atom is 0.249 e. The van der Waals surface area contributed by atoms with Gasteiger partial charge in [-0.15, -0.1) is 0 Å². The number of nitrogens with one attached hydrogen (secondary N) is 1. The van der Waals surface area contributed by atoms with E-state index in [1.165, 1.54) is 7.11 Å². The molecular formula is C35H52N2O8. The van der Waals surface area contributed by atoms with Gasteiger partial charge in [0.15, 0.2) is 11.5 Å². The largest absolute Gasteiger partial charge is 0.493 e. The molecule has 0 unspecified atom stereocenters. The van der Waals surface area contributed by atoms with Crippen molar-refractivity contribution < 1.29 is 38.8 Å². The lowest BCUT2D eigenvalue weighted by Crippen LogP contribution is -2.56. The lowest BCUT2D eigenvalue weighted by molar-refractivity contribution is -0.147. The maximum absolute atomic E-state index is 14.0. The van der Waals surface area contributed by atoms with E-state index in [4.69, 9.17) is 14.2 Å². The fourth-order valence-electron chi connectivity index (χ4n) is 7.28. The number of benzene rings is 1. The number of carbonyl (C=O) groups is 3. The van der Waals surface area contributed by atoms with E-state index in [2.05, 4.69) is 33.0 Å². The number of hydrogen-bond donors (Lipinski definition) is 3. The second kappa shape index (κ2) is 16.1. The van der Waals surface area contributed by atoms with Gasteiger partial charge in [0.25, 0.3) is 0 Å². The van der Waals surface area contributed by atoms with E-state index >= 15 is 0 Å². The molecule has 7 atom stereocenters. The van der Waals surface area contributed by atoms with Gasteiger partial charge < -0.3 is 34.6 Å². The van der Waals surface area contributed by atoms with Crippen LogP contribution in [0.1, 0.15) is 94.5 Å². The Morgan fingerprint density at radius 3 is 2.64 bits per heavy atom. The average Bonchev–Trinajstić information content (AvgIpc) is 3.42. The van der Waals surface area contributed by atoms with Crippen molar-refractivity contribution in [3.63, 3.8) is 0 Å². The van der Waals surface area contributed by atoms with Crippen LogP contribution in [-0.2, 0) is 14.3 Å². The minimum atomic E-state index is -1.17. The van der Waals surface area contributed by atoms with Gasteiger partial charge in [0.05, 0.1) is 31.8 Å². The maximum atomic E-state index is 14.0. The van der Waals surface area contributed by atoms with Crippen LogP contribution in [-0.4, -0.2) is 91.0 Å². The first-order valence-corrected chi connectivity index (χ1v) is 16.7. The van der Waals surface area contributed by atoms with E-state index in [-0.39, 0.29) is 31.8 Å². The van der Waals surface area contributed by atoms with E-state index in [1.54, 1.807) is 23.1 Å². The summed E-state index contributed by atoms with van der Waals surface area (Å²) in [6.45, 7) is 8.83. The van der Waals surface area contributed by atoms with Crippen LogP contribution in [0.3, 0.4) is 0 Å². The predicted molar refractivity (Wildman–Crippen MR) is 170 cm³/mol. The lowest BCUT2D eigenvalue weighted by atomic mass is 9.75. The number of nitrogens with zero attached hydrogens (tertiary/aromatic N) is 1. The Labute approximate surface area is 267 Å². The third kappa shape index (κ3) is 7.89.